The summed E-state index contributed by atoms with van der Waals surface area (Å²) in [6.07, 6.45) is 5.77. The van der Waals surface area contributed by atoms with Crippen LogP contribution in [0.2, 0.25) is 5.02 Å². The molecule has 2 aromatic rings. The fraction of sp³-hybridized carbons (Fsp3) is 0.381. The van der Waals surface area contributed by atoms with Crippen LogP contribution in [0.4, 0.5) is 11.4 Å². The number of benzene rings is 2. The van der Waals surface area contributed by atoms with Crippen LogP contribution in [0.5, 0.6) is 11.5 Å². The van der Waals surface area contributed by atoms with Crippen LogP contribution in [0.3, 0.4) is 0 Å². The van der Waals surface area contributed by atoms with Crippen LogP contribution in [0.25, 0.3) is 0 Å². The number of hydrogen-bond donors (Lipinski definition) is 1. The van der Waals surface area contributed by atoms with E-state index in [0.717, 1.165) is 29.2 Å². The highest BCUT2D eigenvalue weighted by Gasteiger charge is 2.24. The minimum absolute atomic E-state index is 0.197. The van der Waals surface area contributed by atoms with Gasteiger partial charge in [0.1, 0.15) is 18.0 Å². The van der Waals surface area contributed by atoms with Gasteiger partial charge in [-0.2, -0.15) is 0 Å². The number of nitrogens with zero attached hydrogens (tertiary/aromatic N) is 1. The molecule has 2 aromatic carbocycles. The number of hydrogen-bond acceptors (Lipinski definition) is 5. The molecule has 9 heteroatoms. The highest BCUT2D eigenvalue weighted by molar-refractivity contribution is 7.92. The van der Waals surface area contributed by atoms with Crippen molar-refractivity contribution in [3.8, 4) is 11.5 Å². The van der Waals surface area contributed by atoms with Crippen LogP contribution in [0.15, 0.2) is 42.5 Å². The summed E-state index contributed by atoms with van der Waals surface area (Å²) in [7, 11) is -2.34. The first-order valence-electron chi connectivity index (χ1n) is 9.64. The average molecular weight is 453 g/mol. The lowest BCUT2D eigenvalue weighted by Gasteiger charge is -2.24. The summed E-state index contributed by atoms with van der Waals surface area (Å²) in [5.41, 5.74) is 0.744. The molecule has 7 nitrogen and oxygen atoms in total. The molecule has 0 unspecified atom stereocenters. The highest BCUT2D eigenvalue weighted by atomic mass is 35.5. The Labute approximate surface area is 182 Å². The number of methoxy groups -OCH3 is 1. The Morgan fingerprint density at radius 3 is 2.43 bits per heavy atom. The van der Waals surface area contributed by atoms with Gasteiger partial charge in [-0.15, -0.1) is 0 Å². The molecular weight excluding hydrogens is 428 g/mol. The van der Waals surface area contributed by atoms with Gasteiger partial charge >= 0.3 is 0 Å². The normalized spacial score (nSPS) is 14.4. The third-order valence-electron chi connectivity index (χ3n) is 4.84. The third kappa shape index (κ3) is 5.79. The zero-order valence-corrected chi connectivity index (χ0v) is 18.5. The van der Waals surface area contributed by atoms with E-state index in [0.29, 0.717) is 16.5 Å². The van der Waals surface area contributed by atoms with E-state index in [1.54, 1.807) is 36.4 Å². The lowest BCUT2D eigenvalue weighted by molar-refractivity contribution is -0.114. The van der Waals surface area contributed by atoms with Gasteiger partial charge in [0.25, 0.3) is 0 Å². The largest absolute Gasteiger partial charge is 0.495 e. The Hall–Kier alpha value is -2.45. The summed E-state index contributed by atoms with van der Waals surface area (Å²) in [6.45, 7) is -0.421. The monoisotopic (exact) mass is 452 g/mol. The zero-order chi connectivity index (χ0) is 21.7. The summed E-state index contributed by atoms with van der Waals surface area (Å²) < 4.78 is 36.8. The van der Waals surface area contributed by atoms with Crippen molar-refractivity contribution >= 4 is 38.9 Å². The summed E-state index contributed by atoms with van der Waals surface area (Å²) in [5.74, 6) is 0.555. The predicted octanol–water partition coefficient (Wildman–Crippen LogP) is 4.07. The van der Waals surface area contributed by atoms with E-state index in [1.807, 2.05) is 0 Å². The standard InChI is InChI=1S/C21H25ClN2O5S/c1-28-20-12-7-15(22)13-19(20)24(30(2,26)27)14-21(25)23-16-8-10-18(11-9-16)29-17-5-3-4-6-17/h7-13,17H,3-6,14H2,1-2H3,(H,23,25). The Kier molecular flexibility index (Phi) is 7.10. The molecule has 1 saturated carbocycles. The van der Waals surface area contributed by atoms with Gasteiger partial charge in [-0.25, -0.2) is 8.42 Å². The topological polar surface area (TPSA) is 84.9 Å². The zero-order valence-electron chi connectivity index (χ0n) is 16.9. The number of anilines is 2. The third-order valence-corrected chi connectivity index (χ3v) is 6.20. The molecule has 3 rings (SSSR count). The van der Waals surface area contributed by atoms with E-state index in [9.17, 15) is 13.2 Å². The molecule has 0 aromatic heterocycles. The number of carbonyl (C=O) groups excluding carboxylic acids is 1. The Morgan fingerprint density at radius 1 is 1.17 bits per heavy atom. The molecule has 1 aliphatic carbocycles. The molecule has 0 bridgehead atoms. The van der Waals surface area contributed by atoms with Crippen LogP contribution in [0, 0.1) is 0 Å². The van der Waals surface area contributed by atoms with Crippen molar-refractivity contribution in [3.05, 3.63) is 47.5 Å². The minimum atomic E-state index is -3.76. The fourth-order valence-electron chi connectivity index (χ4n) is 3.39. The molecule has 1 N–H and O–H groups in total. The van der Waals surface area contributed by atoms with Gasteiger partial charge in [-0.3, -0.25) is 9.10 Å². The number of halogens is 1. The van der Waals surface area contributed by atoms with Crippen molar-refractivity contribution in [2.45, 2.75) is 31.8 Å². The maximum absolute atomic E-state index is 12.6. The Balaban J connectivity index is 1.70. The molecule has 0 saturated heterocycles. The van der Waals surface area contributed by atoms with Crippen LogP contribution >= 0.6 is 11.6 Å². The number of nitrogens with one attached hydrogen (secondary N) is 1. The van der Waals surface area contributed by atoms with Crippen molar-refractivity contribution in [3.63, 3.8) is 0 Å². The SMILES string of the molecule is COc1ccc(Cl)cc1N(CC(=O)Nc1ccc(OC2CCCC2)cc1)S(C)(=O)=O. The molecule has 0 radical (unpaired) electrons. The van der Waals surface area contributed by atoms with Crippen LogP contribution in [-0.4, -0.2) is 40.3 Å². The molecular formula is C21H25ClN2O5S. The van der Waals surface area contributed by atoms with E-state index in [4.69, 9.17) is 21.1 Å². The first-order chi connectivity index (χ1) is 14.3. The van der Waals surface area contributed by atoms with E-state index >= 15 is 0 Å². The van der Waals surface area contributed by atoms with Gasteiger partial charge in [0.15, 0.2) is 0 Å². The van der Waals surface area contributed by atoms with Gasteiger partial charge in [0, 0.05) is 10.7 Å². The lowest BCUT2D eigenvalue weighted by atomic mass is 10.2. The van der Waals surface area contributed by atoms with E-state index < -0.39 is 22.5 Å². The molecule has 0 spiro atoms. The second-order valence-corrected chi connectivity index (χ2v) is 9.53. The molecule has 1 aliphatic rings. The molecule has 1 fully saturated rings. The van der Waals surface area contributed by atoms with Crippen LogP contribution < -0.4 is 19.1 Å². The highest BCUT2D eigenvalue weighted by Crippen LogP contribution is 2.32. The number of amides is 1. The summed E-state index contributed by atoms with van der Waals surface area (Å²) in [5, 5.41) is 3.04. The first kappa shape index (κ1) is 22.2. The molecule has 30 heavy (non-hydrogen) atoms. The van der Waals surface area contributed by atoms with Crippen molar-refractivity contribution in [2.75, 3.05) is 29.5 Å². The molecule has 162 valence electrons. The second-order valence-electron chi connectivity index (χ2n) is 7.18. The minimum Gasteiger partial charge on any atom is -0.495 e. The molecule has 1 amide bonds. The van der Waals surface area contributed by atoms with Gasteiger partial charge in [-0.1, -0.05) is 11.6 Å². The smallest absolute Gasteiger partial charge is 0.245 e. The summed E-state index contributed by atoms with van der Waals surface area (Å²) in [4.78, 5) is 12.6. The molecule has 0 aliphatic heterocycles. The predicted molar refractivity (Wildman–Crippen MR) is 118 cm³/mol. The van der Waals surface area contributed by atoms with E-state index in [1.165, 1.54) is 26.0 Å². The summed E-state index contributed by atoms with van der Waals surface area (Å²) in [6, 6.07) is 11.6. The molecule has 0 heterocycles. The quantitative estimate of drug-likeness (QED) is 0.652. The van der Waals surface area contributed by atoms with E-state index in [-0.39, 0.29) is 11.8 Å². The number of ether oxygens (including phenoxy) is 2. The number of rotatable bonds is 8. The second kappa shape index (κ2) is 9.57. The Bertz CT molecular complexity index is 989. The lowest BCUT2D eigenvalue weighted by Crippen LogP contribution is -2.37. The Morgan fingerprint density at radius 2 is 1.83 bits per heavy atom. The maximum atomic E-state index is 12.6. The number of carbonyl (C=O) groups is 1. The molecule has 0 atom stereocenters. The van der Waals surface area contributed by atoms with Crippen molar-refractivity contribution in [1.29, 1.82) is 0 Å². The average Bonchev–Trinajstić information content (AvgIpc) is 3.20. The van der Waals surface area contributed by atoms with E-state index in [2.05, 4.69) is 5.32 Å². The van der Waals surface area contributed by atoms with Crippen LogP contribution in [0.1, 0.15) is 25.7 Å². The first-order valence-corrected chi connectivity index (χ1v) is 11.9. The van der Waals surface area contributed by atoms with Crippen molar-refractivity contribution in [2.24, 2.45) is 0 Å². The fourth-order valence-corrected chi connectivity index (χ4v) is 4.40. The van der Waals surface area contributed by atoms with Gasteiger partial charge in [0.05, 0.1) is 25.2 Å². The maximum Gasteiger partial charge on any atom is 0.245 e. The summed E-state index contributed by atoms with van der Waals surface area (Å²) >= 11 is 6.02. The van der Waals surface area contributed by atoms with Crippen molar-refractivity contribution in [1.82, 2.24) is 0 Å². The van der Waals surface area contributed by atoms with Gasteiger partial charge in [0.2, 0.25) is 15.9 Å². The van der Waals surface area contributed by atoms with Crippen LogP contribution in [-0.2, 0) is 14.8 Å². The van der Waals surface area contributed by atoms with Gasteiger partial charge < -0.3 is 14.8 Å². The van der Waals surface area contributed by atoms with Crippen molar-refractivity contribution < 1.29 is 22.7 Å². The number of sulfonamides is 1. The van der Waals surface area contributed by atoms with Gasteiger partial charge in [-0.05, 0) is 68.1 Å².